The number of fused-ring (bicyclic) bond motifs is 1. The standard InChI is InChI=1S/C18H20N4O3S/c1-10-18(11(2)25-21-10)12-6-16-15(4-3-5-20-16)17(7-12)26(23,24)22-14-8-13(19)9-14/h3-7,13-14,22H,8-9,19H2,1-2H3/t13-,14-. The number of aryl methyl sites for hydroxylation is 2. The third-order valence-electron chi connectivity index (χ3n) is 4.79. The Morgan fingerprint density at radius 2 is 2.04 bits per heavy atom. The van der Waals surface area contributed by atoms with E-state index in [9.17, 15) is 8.42 Å². The molecular weight excluding hydrogens is 352 g/mol. The largest absolute Gasteiger partial charge is 0.361 e. The third kappa shape index (κ3) is 2.90. The molecule has 0 aliphatic heterocycles. The molecule has 8 heteroatoms. The van der Waals surface area contributed by atoms with Crippen molar-refractivity contribution in [3.63, 3.8) is 0 Å². The molecule has 2 heterocycles. The highest BCUT2D eigenvalue weighted by Crippen LogP contribution is 2.33. The van der Waals surface area contributed by atoms with E-state index in [1.807, 2.05) is 13.0 Å². The summed E-state index contributed by atoms with van der Waals surface area (Å²) in [4.78, 5) is 4.55. The number of hydrogen-bond acceptors (Lipinski definition) is 6. The van der Waals surface area contributed by atoms with Gasteiger partial charge in [-0.05, 0) is 56.5 Å². The molecule has 2 aromatic heterocycles. The first-order chi connectivity index (χ1) is 12.3. The van der Waals surface area contributed by atoms with Gasteiger partial charge in [0.15, 0.2) is 0 Å². The lowest BCUT2D eigenvalue weighted by Gasteiger charge is -2.32. The van der Waals surface area contributed by atoms with E-state index in [-0.39, 0.29) is 17.0 Å². The van der Waals surface area contributed by atoms with Crippen LogP contribution < -0.4 is 10.5 Å². The van der Waals surface area contributed by atoms with Crippen LogP contribution in [0.5, 0.6) is 0 Å². The average molecular weight is 372 g/mol. The molecule has 7 nitrogen and oxygen atoms in total. The van der Waals surface area contributed by atoms with Gasteiger partial charge >= 0.3 is 0 Å². The Morgan fingerprint density at radius 1 is 1.27 bits per heavy atom. The molecule has 0 unspecified atom stereocenters. The number of pyridine rings is 1. The molecule has 136 valence electrons. The molecule has 1 aliphatic carbocycles. The summed E-state index contributed by atoms with van der Waals surface area (Å²) in [6.45, 7) is 3.64. The maximum absolute atomic E-state index is 13.0. The molecule has 0 saturated heterocycles. The monoisotopic (exact) mass is 372 g/mol. The van der Waals surface area contributed by atoms with Crippen molar-refractivity contribution in [2.45, 2.75) is 43.7 Å². The normalized spacial score (nSPS) is 20.3. The Kier molecular flexibility index (Phi) is 4.06. The van der Waals surface area contributed by atoms with Crippen LogP contribution in [0.1, 0.15) is 24.3 Å². The van der Waals surface area contributed by atoms with E-state index in [1.165, 1.54) is 0 Å². The fourth-order valence-electron chi connectivity index (χ4n) is 3.45. The number of aromatic nitrogens is 2. The summed E-state index contributed by atoms with van der Waals surface area (Å²) in [5, 5.41) is 4.55. The van der Waals surface area contributed by atoms with Crippen molar-refractivity contribution in [2.24, 2.45) is 5.73 Å². The fraction of sp³-hybridized carbons (Fsp3) is 0.333. The predicted molar refractivity (Wildman–Crippen MR) is 98.0 cm³/mol. The predicted octanol–water partition coefficient (Wildman–Crippen LogP) is 2.27. The van der Waals surface area contributed by atoms with Gasteiger partial charge in [-0.15, -0.1) is 0 Å². The highest BCUT2D eigenvalue weighted by atomic mass is 32.2. The van der Waals surface area contributed by atoms with Crippen LogP contribution in [0.15, 0.2) is 39.9 Å². The van der Waals surface area contributed by atoms with Gasteiger partial charge in [-0.25, -0.2) is 13.1 Å². The third-order valence-corrected chi connectivity index (χ3v) is 6.35. The number of sulfonamides is 1. The minimum atomic E-state index is -3.71. The highest BCUT2D eigenvalue weighted by molar-refractivity contribution is 7.89. The molecule has 1 aromatic carbocycles. The van der Waals surface area contributed by atoms with E-state index >= 15 is 0 Å². The van der Waals surface area contributed by atoms with Crippen LogP contribution in [-0.2, 0) is 10.0 Å². The number of hydrogen-bond donors (Lipinski definition) is 2. The van der Waals surface area contributed by atoms with Gasteiger partial charge < -0.3 is 10.3 Å². The topological polar surface area (TPSA) is 111 Å². The van der Waals surface area contributed by atoms with Crippen molar-refractivity contribution >= 4 is 20.9 Å². The number of rotatable bonds is 4. The maximum atomic E-state index is 13.0. The Hall–Kier alpha value is -2.29. The molecule has 26 heavy (non-hydrogen) atoms. The molecule has 0 radical (unpaired) electrons. The second-order valence-electron chi connectivity index (χ2n) is 6.79. The summed E-state index contributed by atoms with van der Waals surface area (Å²) in [6.07, 6.45) is 2.95. The van der Waals surface area contributed by atoms with Gasteiger partial charge in [0.1, 0.15) is 5.76 Å². The lowest BCUT2D eigenvalue weighted by Crippen LogP contribution is -2.50. The second-order valence-corrected chi connectivity index (χ2v) is 8.48. The van der Waals surface area contributed by atoms with E-state index in [4.69, 9.17) is 10.3 Å². The van der Waals surface area contributed by atoms with Gasteiger partial charge in [-0.2, -0.15) is 0 Å². The Balaban J connectivity index is 1.88. The first-order valence-corrected chi connectivity index (χ1v) is 9.93. The van der Waals surface area contributed by atoms with E-state index < -0.39 is 10.0 Å². The molecular formula is C18H20N4O3S. The van der Waals surface area contributed by atoms with Crippen LogP contribution >= 0.6 is 0 Å². The lowest BCUT2D eigenvalue weighted by atomic mass is 9.89. The van der Waals surface area contributed by atoms with Gasteiger partial charge in [0.05, 0.1) is 16.1 Å². The molecule has 0 amide bonds. The van der Waals surface area contributed by atoms with Gasteiger partial charge in [0.2, 0.25) is 10.0 Å². The zero-order chi connectivity index (χ0) is 18.5. The molecule has 4 rings (SSSR count). The SMILES string of the molecule is Cc1noc(C)c1-c1cc(S(=O)(=O)N[C@H]2C[C@H](N)C2)c2cccnc2c1. The smallest absolute Gasteiger partial charge is 0.241 e. The molecule has 0 spiro atoms. The molecule has 1 aliphatic rings. The van der Waals surface area contributed by atoms with Gasteiger partial charge in [0, 0.05) is 29.2 Å². The summed E-state index contributed by atoms with van der Waals surface area (Å²) >= 11 is 0. The summed E-state index contributed by atoms with van der Waals surface area (Å²) in [6, 6.07) is 6.97. The molecule has 3 N–H and O–H groups in total. The average Bonchev–Trinajstić information content (AvgIpc) is 2.91. The van der Waals surface area contributed by atoms with Crippen LogP contribution in [-0.4, -0.2) is 30.6 Å². The second kappa shape index (κ2) is 6.15. The van der Waals surface area contributed by atoms with E-state index in [2.05, 4.69) is 14.9 Å². The van der Waals surface area contributed by atoms with Gasteiger partial charge in [-0.3, -0.25) is 4.98 Å². The minimum absolute atomic E-state index is 0.0646. The summed E-state index contributed by atoms with van der Waals surface area (Å²) < 4.78 is 34.1. The highest BCUT2D eigenvalue weighted by Gasteiger charge is 2.31. The van der Waals surface area contributed by atoms with Crippen molar-refractivity contribution < 1.29 is 12.9 Å². The Labute approximate surface area is 151 Å². The number of nitrogens with two attached hydrogens (primary N) is 1. The lowest BCUT2D eigenvalue weighted by molar-refractivity contribution is 0.327. The van der Waals surface area contributed by atoms with Gasteiger partial charge in [-0.1, -0.05) is 5.16 Å². The molecule has 0 bridgehead atoms. The zero-order valence-electron chi connectivity index (χ0n) is 14.6. The van der Waals surface area contributed by atoms with Crippen LogP contribution in [0.3, 0.4) is 0 Å². The van der Waals surface area contributed by atoms with E-state index in [0.717, 1.165) is 11.1 Å². The van der Waals surface area contributed by atoms with Crippen molar-refractivity contribution in [1.29, 1.82) is 0 Å². The van der Waals surface area contributed by atoms with Crippen molar-refractivity contribution in [3.05, 3.63) is 41.9 Å². The van der Waals surface area contributed by atoms with Crippen molar-refractivity contribution in [3.8, 4) is 11.1 Å². The van der Waals surface area contributed by atoms with Gasteiger partial charge in [0.25, 0.3) is 0 Å². The molecule has 0 atom stereocenters. The summed E-state index contributed by atoms with van der Waals surface area (Å²) in [5.74, 6) is 0.638. The van der Waals surface area contributed by atoms with Crippen molar-refractivity contribution in [2.75, 3.05) is 0 Å². The van der Waals surface area contributed by atoms with Crippen LogP contribution in [0.2, 0.25) is 0 Å². The fourth-order valence-corrected chi connectivity index (χ4v) is 4.95. The first kappa shape index (κ1) is 17.1. The summed E-state index contributed by atoms with van der Waals surface area (Å²) in [5.41, 5.74) is 8.60. The molecule has 3 aromatic rings. The Morgan fingerprint density at radius 3 is 2.69 bits per heavy atom. The number of benzene rings is 1. The minimum Gasteiger partial charge on any atom is -0.361 e. The van der Waals surface area contributed by atoms with E-state index in [1.54, 1.807) is 31.3 Å². The van der Waals surface area contributed by atoms with Crippen LogP contribution in [0.25, 0.3) is 22.0 Å². The summed E-state index contributed by atoms with van der Waals surface area (Å²) in [7, 11) is -3.71. The van der Waals surface area contributed by atoms with E-state index in [0.29, 0.717) is 35.2 Å². The maximum Gasteiger partial charge on any atom is 0.241 e. The number of nitrogens with zero attached hydrogens (tertiary/aromatic N) is 2. The van der Waals surface area contributed by atoms with Crippen molar-refractivity contribution in [1.82, 2.24) is 14.9 Å². The zero-order valence-corrected chi connectivity index (χ0v) is 15.4. The first-order valence-electron chi connectivity index (χ1n) is 8.45. The number of nitrogens with one attached hydrogen (secondary N) is 1. The Bertz CT molecular complexity index is 1070. The quantitative estimate of drug-likeness (QED) is 0.727. The molecule has 1 fully saturated rings. The van der Waals surface area contributed by atoms with Crippen LogP contribution in [0.4, 0.5) is 0 Å². The molecule has 1 saturated carbocycles. The van der Waals surface area contributed by atoms with Crippen LogP contribution in [0, 0.1) is 13.8 Å².